The number of nitrogens with zero attached hydrogens (tertiary/aromatic N) is 1. The molecule has 7 heteroatoms. The van der Waals surface area contributed by atoms with Gasteiger partial charge in [-0.2, -0.15) is 5.10 Å². The molecule has 2 N–H and O–H groups in total. The second-order valence-corrected chi connectivity index (χ2v) is 6.54. The number of anilines is 1. The summed E-state index contributed by atoms with van der Waals surface area (Å²) >= 11 is 5.20. The number of halogens is 1. The highest BCUT2D eigenvalue weighted by Crippen LogP contribution is 2.15. The van der Waals surface area contributed by atoms with E-state index in [0.29, 0.717) is 10.9 Å². The number of aryl methyl sites for hydroxylation is 1. The first kappa shape index (κ1) is 20.2. The van der Waals surface area contributed by atoms with Gasteiger partial charge in [-0.05, 0) is 78.8 Å². The Morgan fingerprint density at radius 1 is 1.07 bits per heavy atom. The van der Waals surface area contributed by atoms with Crippen molar-refractivity contribution in [2.75, 3.05) is 5.32 Å². The van der Waals surface area contributed by atoms with Crippen molar-refractivity contribution in [1.29, 1.82) is 0 Å². The van der Waals surface area contributed by atoms with E-state index in [-0.39, 0.29) is 5.56 Å². The second-order valence-electron chi connectivity index (χ2n) is 6.13. The minimum atomic E-state index is -0.751. The number of hydrogen-bond acceptors (Lipinski definition) is 4. The molecule has 0 saturated heterocycles. The van der Waals surface area contributed by atoms with Gasteiger partial charge in [0.25, 0.3) is 0 Å². The molecule has 3 aromatic carbocycles. The molecule has 0 saturated carbocycles. The summed E-state index contributed by atoms with van der Waals surface area (Å²) in [5.41, 5.74) is 5.38. The number of thiocarbonyl (C=S) groups is 1. The van der Waals surface area contributed by atoms with Crippen molar-refractivity contribution in [3.63, 3.8) is 0 Å². The zero-order chi connectivity index (χ0) is 20.6. The minimum absolute atomic E-state index is 0.114. The molecule has 3 aromatic rings. The van der Waals surface area contributed by atoms with Crippen LogP contribution in [0.15, 0.2) is 77.9 Å². The molecule has 0 bridgehead atoms. The van der Waals surface area contributed by atoms with E-state index in [1.54, 1.807) is 36.5 Å². The van der Waals surface area contributed by atoms with Gasteiger partial charge in [-0.15, -0.1) is 0 Å². The molecule has 0 unspecified atom stereocenters. The number of ether oxygens (including phenoxy) is 1. The van der Waals surface area contributed by atoms with E-state index in [1.165, 1.54) is 18.2 Å². The fourth-order valence-corrected chi connectivity index (χ4v) is 2.63. The van der Waals surface area contributed by atoms with Crippen LogP contribution in [-0.4, -0.2) is 17.3 Å². The molecule has 3 rings (SSSR count). The maximum Gasteiger partial charge on any atom is 0.346 e. The molecule has 0 amide bonds. The van der Waals surface area contributed by atoms with Crippen LogP contribution in [0.5, 0.6) is 5.75 Å². The monoisotopic (exact) mass is 407 g/mol. The first-order valence-corrected chi connectivity index (χ1v) is 9.15. The Hall–Kier alpha value is -3.58. The van der Waals surface area contributed by atoms with Crippen LogP contribution in [0, 0.1) is 12.7 Å². The van der Waals surface area contributed by atoms with Gasteiger partial charge in [-0.25, -0.2) is 9.18 Å². The number of nitrogens with one attached hydrogen (secondary N) is 2. The third-order valence-corrected chi connectivity index (χ3v) is 4.03. The summed E-state index contributed by atoms with van der Waals surface area (Å²) in [6.45, 7) is 2.00. The maximum atomic E-state index is 13.6. The lowest BCUT2D eigenvalue weighted by molar-refractivity contribution is 0.0730. The minimum Gasteiger partial charge on any atom is -0.423 e. The summed E-state index contributed by atoms with van der Waals surface area (Å²) < 4.78 is 18.8. The van der Waals surface area contributed by atoms with Crippen LogP contribution in [0.4, 0.5) is 10.1 Å². The van der Waals surface area contributed by atoms with Crippen molar-refractivity contribution < 1.29 is 13.9 Å². The van der Waals surface area contributed by atoms with E-state index in [1.807, 2.05) is 31.2 Å². The van der Waals surface area contributed by atoms with Crippen LogP contribution in [-0.2, 0) is 0 Å². The summed E-state index contributed by atoms with van der Waals surface area (Å²) in [6, 6.07) is 20.1. The number of carbonyl (C=O) groups excluding carboxylic acids is 1. The number of hydrogen-bond donors (Lipinski definition) is 2. The predicted octanol–water partition coefficient (Wildman–Crippen LogP) is 4.67. The van der Waals surface area contributed by atoms with E-state index in [9.17, 15) is 9.18 Å². The summed E-state index contributed by atoms with van der Waals surface area (Å²) in [6.07, 6.45) is 1.58. The molecule has 0 spiro atoms. The largest absolute Gasteiger partial charge is 0.423 e. The lowest BCUT2D eigenvalue weighted by atomic mass is 10.2. The molecule has 146 valence electrons. The summed E-state index contributed by atoms with van der Waals surface area (Å²) in [5.74, 6) is -1.07. The van der Waals surface area contributed by atoms with E-state index >= 15 is 0 Å². The highest BCUT2D eigenvalue weighted by molar-refractivity contribution is 7.80. The van der Waals surface area contributed by atoms with Crippen molar-refractivity contribution in [3.8, 4) is 5.75 Å². The van der Waals surface area contributed by atoms with Crippen molar-refractivity contribution in [2.24, 2.45) is 5.10 Å². The van der Waals surface area contributed by atoms with E-state index in [2.05, 4.69) is 15.8 Å². The fourth-order valence-electron chi connectivity index (χ4n) is 2.46. The second kappa shape index (κ2) is 9.57. The molecule has 0 aromatic heterocycles. The molecular weight excluding hydrogens is 389 g/mol. The van der Waals surface area contributed by atoms with Gasteiger partial charge >= 0.3 is 5.97 Å². The number of rotatable bonds is 5. The molecule has 0 fully saturated rings. The smallest absolute Gasteiger partial charge is 0.346 e. The Kier molecular flexibility index (Phi) is 6.65. The van der Waals surface area contributed by atoms with Gasteiger partial charge in [-0.3, -0.25) is 5.43 Å². The lowest BCUT2D eigenvalue weighted by Crippen LogP contribution is -2.23. The Morgan fingerprint density at radius 3 is 2.55 bits per heavy atom. The van der Waals surface area contributed by atoms with Crippen molar-refractivity contribution in [3.05, 3.63) is 95.3 Å². The van der Waals surface area contributed by atoms with Gasteiger partial charge in [-0.1, -0.05) is 24.3 Å². The molecular formula is C22H18FN3O2S. The zero-order valence-electron chi connectivity index (χ0n) is 15.6. The van der Waals surface area contributed by atoms with Crippen LogP contribution in [0.2, 0.25) is 0 Å². The van der Waals surface area contributed by atoms with Gasteiger partial charge in [0.2, 0.25) is 0 Å². The highest BCUT2D eigenvalue weighted by Gasteiger charge is 2.13. The highest BCUT2D eigenvalue weighted by atomic mass is 32.1. The fraction of sp³-hybridized carbons (Fsp3) is 0.0455. The quantitative estimate of drug-likeness (QED) is 0.212. The number of benzene rings is 3. The predicted molar refractivity (Wildman–Crippen MR) is 116 cm³/mol. The summed E-state index contributed by atoms with van der Waals surface area (Å²) in [7, 11) is 0. The Bertz CT molecular complexity index is 1050. The molecule has 0 aliphatic rings. The SMILES string of the molecule is Cc1cccc(NC(=S)N/N=C\c2ccc(OC(=O)c3ccccc3F)cc2)c1. The standard InChI is InChI=1S/C22H18FN3O2S/c1-15-5-4-6-17(13-15)25-22(29)26-24-14-16-9-11-18(12-10-16)28-21(27)19-7-2-3-8-20(19)23/h2-14H,1H3,(H2,25,26,29)/b24-14-. The normalized spacial score (nSPS) is 10.6. The molecule has 0 aliphatic carbocycles. The van der Waals surface area contributed by atoms with Crippen LogP contribution in [0.1, 0.15) is 21.5 Å². The topological polar surface area (TPSA) is 62.7 Å². The van der Waals surface area contributed by atoms with Crippen LogP contribution in [0.3, 0.4) is 0 Å². The van der Waals surface area contributed by atoms with Crippen molar-refractivity contribution >= 4 is 35.2 Å². The Labute approximate surface area is 173 Å². The van der Waals surface area contributed by atoms with Gasteiger partial charge in [0, 0.05) is 5.69 Å². The van der Waals surface area contributed by atoms with Crippen LogP contribution >= 0.6 is 12.2 Å². The Morgan fingerprint density at radius 2 is 1.83 bits per heavy atom. The first-order chi connectivity index (χ1) is 14.0. The van der Waals surface area contributed by atoms with Crippen LogP contribution in [0.25, 0.3) is 0 Å². The van der Waals surface area contributed by atoms with E-state index < -0.39 is 11.8 Å². The summed E-state index contributed by atoms with van der Waals surface area (Å²) in [5, 5.41) is 7.48. The van der Waals surface area contributed by atoms with Crippen molar-refractivity contribution in [1.82, 2.24) is 5.43 Å². The molecule has 0 aliphatic heterocycles. The lowest BCUT2D eigenvalue weighted by Gasteiger charge is -2.07. The molecule has 0 heterocycles. The average molecular weight is 407 g/mol. The Balaban J connectivity index is 1.53. The number of hydrazone groups is 1. The summed E-state index contributed by atoms with van der Waals surface area (Å²) in [4.78, 5) is 12.0. The zero-order valence-corrected chi connectivity index (χ0v) is 16.4. The molecule has 5 nitrogen and oxygen atoms in total. The van der Waals surface area contributed by atoms with Crippen molar-refractivity contribution in [2.45, 2.75) is 6.92 Å². The molecule has 0 atom stereocenters. The number of esters is 1. The third kappa shape index (κ3) is 5.95. The molecule has 29 heavy (non-hydrogen) atoms. The van der Waals surface area contributed by atoms with Gasteiger partial charge < -0.3 is 10.1 Å². The van der Waals surface area contributed by atoms with Gasteiger partial charge in [0.15, 0.2) is 5.11 Å². The van der Waals surface area contributed by atoms with E-state index in [4.69, 9.17) is 17.0 Å². The van der Waals surface area contributed by atoms with E-state index in [0.717, 1.165) is 16.8 Å². The average Bonchev–Trinajstić information content (AvgIpc) is 2.69. The van der Waals surface area contributed by atoms with Crippen LogP contribution < -0.4 is 15.5 Å². The van der Waals surface area contributed by atoms with Gasteiger partial charge in [0.1, 0.15) is 11.6 Å². The first-order valence-electron chi connectivity index (χ1n) is 8.75. The molecule has 0 radical (unpaired) electrons. The van der Waals surface area contributed by atoms with Gasteiger partial charge in [0.05, 0.1) is 11.8 Å². The number of carbonyl (C=O) groups is 1. The third-order valence-electron chi connectivity index (χ3n) is 3.84. The maximum absolute atomic E-state index is 13.6.